The summed E-state index contributed by atoms with van der Waals surface area (Å²) in [5.74, 6) is 0.367. The molecule has 2 aromatic rings. The molecule has 0 N–H and O–H groups in total. The van der Waals surface area contributed by atoms with E-state index in [0.29, 0.717) is 5.92 Å². The van der Waals surface area contributed by atoms with E-state index in [-0.39, 0.29) is 5.92 Å². The van der Waals surface area contributed by atoms with Crippen LogP contribution in [-0.2, 0) is 4.79 Å². The Kier molecular flexibility index (Phi) is 3.19. The van der Waals surface area contributed by atoms with Crippen LogP contribution in [0.15, 0.2) is 52.3 Å². The number of benzene rings is 2. The Balaban J connectivity index is 2.16. The first-order valence-electron chi connectivity index (χ1n) is 6.56. The summed E-state index contributed by atoms with van der Waals surface area (Å²) in [6.07, 6.45) is 1.07. The van der Waals surface area contributed by atoms with Gasteiger partial charge in [0.15, 0.2) is 0 Å². The van der Waals surface area contributed by atoms with Gasteiger partial charge < -0.3 is 4.79 Å². The average Bonchev–Trinajstić information content (AvgIpc) is 2.44. The number of carbonyl (C=O) groups excluding carboxylic acids is 1. The molecule has 19 heavy (non-hydrogen) atoms. The summed E-state index contributed by atoms with van der Waals surface area (Å²) in [7, 11) is 0. The van der Waals surface area contributed by atoms with Crippen molar-refractivity contribution in [3.05, 3.63) is 59.2 Å². The molecule has 0 aromatic heterocycles. The average molecular weight is 268 g/mol. The minimum Gasteiger partial charge on any atom is -0.302 e. The molecule has 0 saturated heterocycles. The summed E-state index contributed by atoms with van der Waals surface area (Å²) in [5, 5.41) is 0. The van der Waals surface area contributed by atoms with E-state index in [1.807, 2.05) is 12.1 Å². The quantitative estimate of drug-likeness (QED) is 0.740. The van der Waals surface area contributed by atoms with Gasteiger partial charge in [0, 0.05) is 9.79 Å². The van der Waals surface area contributed by atoms with Crippen molar-refractivity contribution in [3.63, 3.8) is 0 Å². The van der Waals surface area contributed by atoms with Gasteiger partial charge in [-0.1, -0.05) is 55.9 Å². The van der Waals surface area contributed by atoms with Gasteiger partial charge >= 0.3 is 0 Å². The van der Waals surface area contributed by atoms with Crippen molar-refractivity contribution < 1.29 is 4.79 Å². The van der Waals surface area contributed by atoms with Gasteiger partial charge in [-0.3, -0.25) is 0 Å². The van der Waals surface area contributed by atoms with Crippen molar-refractivity contribution in [1.29, 1.82) is 0 Å². The van der Waals surface area contributed by atoms with E-state index in [1.54, 1.807) is 11.8 Å². The van der Waals surface area contributed by atoms with Crippen molar-refractivity contribution >= 4 is 18.0 Å². The van der Waals surface area contributed by atoms with Gasteiger partial charge in [0.05, 0.1) is 5.92 Å². The summed E-state index contributed by atoms with van der Waals surface area (Å²) in [6.45, 7) is 4.36. The van der Waals surface area contributed by atoms with E-state index in [9.17, 15) is 4.79 Å². The van der Waals surface area contributed by atoms with Crippen LogP contribution >= 0.6 is 11.8 Å². The minimum absolute atomic E-state index is 0.119. The number of fused-ring (bicyclic) bond motifs is 2. The molecule has 1 heterocycles. The van der Waals surface area contributed by atoms with Crippen LogP contribution in [0.3, 0.4) is 0 Å². The van der Waals surface area contributed by atoms with Crippen molar-refractivity contribution in [2.75, 3.05) is 0 Å². The Morgan fingerprint density at radius 3 is 2.53 bits per heavy atom. The lowest BCUT2D eigenvalue weighted by molar-refractivity contribution is -0.108. The predicted octanol–water partition coefficient (Wildman–Crippen LogP) is 4.61. The highest BCUT2D eigenvalue weighted by molar-refractivity contribution is 7.99. The third-order valence-electron chi connectivity index (χ3n) is 3.65. The molecular weight excluding hydrogens is 252 g/mol. The summed E-state index contributed by atoms with van der Waals surface area (Å²) in [6, 6.07) is 14.7. The summed E-state index contributed by atoms with van der Waals surface area (Å²) >= 11 is 1.76. The van der Waals surface area contributed by atoms with Crippen LogP contribution in [0.25, 0.3) is 0 Å². The lowest BCUT2D eigenvalue weighted by Crippen LogP contribution is -2.10. The zero-order valence-electron chi connectivity index (χ0n) is 11.1. The number of hydrogen-bond donors (Lipinski definition) is 0. The van der Waals surface area contributed by atoms with Crippen LogP contribution in [0.1, 0.15) is 42.4 Å². The van der Waals surface area contributed by atoms with Crippen LogP contribution < -0.4 is 0 Å². The van der Waals surface area contributed by atoms with Crippen LogP contribution in [0, 0.1) is 0 Å². The molecule has 0 amide bonds. The monoisotopic (exact) mass is 268 g/mol. The molecule has 2 aromatic carbocycles. The molecule has 0 fully saturated rings. The molecule has 1 unspecified atom stereocenters. The molecule has 1 nitrogen and oxygen atoms in total. The second-order valence-corrected chi connectivity index (χ2v) is 6.29. The minimum atomic E-state index is -0.119. The van der Waals surface area contributed by atoms with Crippen LogP contribution in [0.2, 0.25) is 0 Å². The van der Waals surface area contributed by atoms with Crippen LogP contribution in [0.4, 0.5) is 0 Å². The molecular formula is C17H16OS. The van der Waals surface area contributed by atoms with Crippen LogP contribution in [0.5, 0.6) is 0 Å². The molecule has 1 aliphatic rings. The van der Waals surface area contributed by atoms with Gasteiger partial charge in [-0.05, 0) is 34.7 Å². The first-order valence-corrected chi connectivity index (χ1v) is 7.38. The SMILES string of the molecule is CC(C)c1ccc2c(c1)C(C=O)c1ccccc1S2. The van der Waals surface area contributed by atoms with E-state index in [1.165, 1.54) is 15.4 Å². The normalized spacial score (nSPS) is 16.9. The molecule has 1 atom stereocenters. The highest BCUT2D eigenvalue weighted by atomic mass is 32.2. The summed E-state index contributed by atoms with van der Waals surface area (Å²) in [4.78, 5) is 14.0. The lowest BCUT2D eigenvalue weighted by Gasteiger charge is -2.25. The van der Waals surface area contributed by atoms with Crippen LogP contribution in [-0.4, -0.2) is 6.29 Å². The lowest BCUT2D eigenvalue weighted by atomic mass is 9.89. The van der Waals surface area contributed by atoms with E-state index < -0.39 is 0 Å². The Morgan fingerprint density at radius 2 is 1.79 bits per heavy atom. The molecule has 96 valence electrons. The second-order valence-electron chi connectivity index (χ2n) is 5.21. The second kappa shape index (κ2) is 4.86. The Bertz CT molecular complexity index is 631. The topological polar surface area (TPSA) is 17.1 Å². The maximum absolute atomic E-state index is 11.6. The molecule has 3 rings (SSSR count). The van der Waals surface area contributed by atoms with Gasteiger partial charge in [-0.25, -0.2) is 0 Å². The van der Waals surface area contributed by atoms with Crippen molar-refractivity contribution in [1.82, 2.24) is 0 Å². The fourth-order valence-electron chi connectivity index (χ4n) is 2.53. The van der Waals surface area contributed by atoms with Gasteiger partial charge in [0.2, 0.25) is 0 Å². The predicted molar refractivity (Wildman–Crippen MR) is 79.0 cm³/mol. The van der Waals surface area contributed by atoms with Crippen molar-refractivity contribution in [2.45, 2.75) is 35.5 Å². The van der Waals surface area contributed by atoms with Crippen molar-refractivity contribution in [3.8, 4) is 0 Å². The van der Waals surface area contributed by atoms with Gasteiger partial charge in [0.25, 0.3) is 0 Å². The van der Waals surface area contributed by atoms with Gasteiger partial charge in [0.1, 0.15) is 6.29 Å². The largest absolute Gasteiger partial charge is 0.302 e. The van der Waals surface area contributed by atoms with Gasteiger partial charge in [-0.2, -0.15) is 0 Å². The Labute approximate surface area is 118 Å². The van der Waals surface area contributed by atoms with E-state index in [2.05, 4.69) is 44.2 Å². The molecule has 1 aliphatic heterocycles. The number of rotatable bonds is 2. The molecule has 0 radical (unpaired) electrons. The van der Waals surface area contributed by atoms with Crippen molar-refractivity contribution in [2.24, 2.45) is 0 Å². The molecule has 0 aliphatic carbocycles. The summed E-state index contributed by atoms with van der Waals surface area (Å²) in [5.41, 5.74) is 3.59. The smallest absolute Gasteiger partial charge is 0.131 e. The Morgan fingerprint density at radius 1 is 1.05 bits per heavy atom. The first-order chi connectivity index (χ1) is 9.20. The Hall–Kier alpha value is -1.54. The maximum Gasteiger partial charge on any atom is 0.131 e. The van der Waals surface area contributed by atoms with E-state index >= 15 is 0 Å². The number of carbonyl (C=O) groups is 1. The third-order valence-corrected chi connectivity index (χ3v) is 4.83. The zero-order valence-corrected chi connectivity index (χ0v) is 11.9. The fraction of sp³-hybridized carbons (Fsp3) is 0.235. The highest BCUT2D eigenvalue weighted by Crippen LogP contribution is 2.45. The molecule has 2 heteroatoms. The standard InChI is InChI=1S/C17H16OS/c1-11(2)12-7-8-17-14(9-12)15(10-18)13-5-3-4-6-16(13)19-17/h3-11,15H,1-2H3. The molecule has 0 saturated carbocycles. The fourth-order valence-corrected chi connectivity index (χ4v) is 3.66. The molecule has 0 spiro atoms. The van der Waals surface area contributed by atoms with E-state index in [0.717, 1.165) is 17.4 Å². The van der Waals surface area contributed by atoms with E-state index in [4.69, 9.17) is 0 Å². The number of hydrogen-bond acceptors (Lipinski definition) is 2. The maximum atomic E-state index is 11.6. The summed E-state index contributed by atoms with van der Waals surface area (Å²) < 4.78 is 0. The third kappa shape index (κ3) is 2.10. The molecule has 0 bridgehead atoms. The first kappa shape index (κ1) is 12.5. The van der Waals surface area contributed by atoms with Gasteiger partial charge in [-0.15, -0.1) is 0 Å². The zero-order chi connectivity index (χ0) is 13.4. The highest BCUT2D eigenvalue weighted by Gasteiger charge is 2.25. The number of aldehydes is 1.